The Morgan fingerprint density at radius 2 is 0.918 bits per heavy atom. The highest BCUT2D eigenvalue weighted by Crippen LogP contribution is 2.50. The number of phenols is 2. The van der Waals surface area contributed by atoms with Crippen LogP contribution in [0.3, 0.4) is 0 Å². The quantitative estimate of drug-likeness (QED) is 0.0194. The Balaban J connectivity index is 0.000000228. The summed E-state index contributed by atoms with van der Waals surface area (Å²) in [5.74, 6) is 1.37. The van der Waals surface area contributed by atoms with Gasteiger partial charge in [0.05, 0.1) is 19.7 Å². The first kappa shape index (κ1) is 53.0. The van der Waals surface area contributed by atoms with Gasteiger partial charge in [0.15, 0.2) is 46.0 Å². The molecule has 0 atom stereocenters. The van der Waals surface area contributed by atoms with Crippen LogP contribution in [-0.2, 0) is 38.2 Å². The molecule has 0 aliphatic carbocycles. The average molecular weight is 1010 g/mol. The van der Waals surface area contributed by atoms with E-state index < -0.39 is 30.0 Å². The third-order valence-corrected chi connectivity index (χ3v) is 9.85. The van der Waals surface area contributed by atoms with E-state index >= 15 is 0 Å². The molecule has 4 aliphatic rings. The second-order valence-electron chi connectivity index (χ2n) is 15.5. The molecule has 1 amide bonds. The van der Waals surface area contributed by atoms with E-state index in [9.17, 15) is 39.0 Å². The maximum absolute atomic E-state index is 12.7. The van der Waals surface area contributed by atoms with Gasteiger partial charge in [-0.1, -0.05) is 19.7 Å². The number of carbonyl (C=O) groups excluding carboxylic acids is 6. The lowest BCUT2D eigenvalue weighted by molar-refractivity contribution is -0.141. The van der Waals surface area contributed by atoms with E-state index in [1.807, 2.05) is 0 Å². The summed E-state index contributed by atoms with van der Waals surface area (Å²) < 4.78 is 68.7. The molecule has 0 spiro atoms. The van der Waals surface area contributed by atoms with Gasteiger partial charge in [-0.2, -0.15) is 0 Å². The van der Waals surface area contributed by atoms with Gasteiger partial charge in [0.2, 0.25) is 33.3 Å². The van der Waals surface area contributed by atoms with E-state index in [1.54, 1.807) is 31.2 Å². The molecule has 0 saturated heterocycles. The summed E-state index contributed by atoms with van der Waals surface area (Å²) in [5, 5.41) is 22.7. The van der Waals surface area contributed by atoms with Crippen molar-refractivity contribution in [2.75, 3.05) is 60.1 Å². The number of amides is 1. The smallest absolute Gasteiger partial charge is 0.412 e. The molecule has 8 rings (SSSR count). The van der Waals surface area contributed by atoms with Crippen LogP contribution in [0, 0.1) is 0 Å². The van der Waals surface area contributed by atoms with Crippen molar-refractivity contribution in [2.45, 2.75) is 33.6 Å². The second kappa shape index (κ2) is 25.0. The SMILES string of the molecule is C=C(C)C(=O)OCCCC(=O)Oc1cc2c(cc1-c1cc3c(cc1OC(=O)NCCOC(=O)C(=C)C)OCO3)OCO2.C=C(C)C(=O)OCCN=C=O.Oc1cc2c(cc1-c1cc3c(cc1O)OCO3)OCO2. The third-order valence-electron chi connectivity index (χ3n) is 9.85. The first-order chi connectivity index (χ1) is 35.0. The second-order valence-corrected chi connectivity index (χ2v) is 15.5. The number of hydrogen-bond acceptors (Lipinski definition) is 22. The normalized spacial score (nSPS) is 12.3. The van der Waals surface area contributed by atoms with Gasteiger partial charge >= 0.3 is 30.0 Å². The van der Waals surface area contributed by atoms with E-state index in [0.29, 0.717) is 73.8 Å². The van der Waals surface area contributed by atoms with Crippen molar-refractivity contribution < 1.29 is 101 Å². The summed E-state index contributed by atoms with van der Waals surface area (Å²) in [4.78, 5) is 71.8. The van der Waals surface area contributed by atoms with Crippen LogP contribution in [0.2, 0.25) is 0 Å². The van der Waals surface area contributed by atoms with Gasteiger partial charge in [-0.3, -0.25) is 4.79 Å². The first-order valence-electron chi connectivity index (χ1n) is 21.8. The standard InChI is InChI=1S/C29H29NO12.C14H10O6.C7H9NO3/c1-16(2)27(32)35-8-5-6-26(31)41-20-12-24-22(37-14-39-24)10-18(20)19-11-23-25(40-15-38-23)13-21(19)42-29(34)30-7-9-36-28(33)17(3)4;15-9-3-13-11(17-5-19-13)1-7(9)8-2-12-14(4-10(8)16)20-6-18-12;1-6(2)7(10)11-4-3-8-5-9/h10-13H,1,3,5-9,14-15H2,2,4H3,(H,30,34);1-4,15-16H,5-6H2;1,3-4H2,2H3. The van der Waals surface area contributed by atoms with E-state index in [2.05, 4.69) is 34.8 Å². The van der Waals surface area contributed by atoms with E-state index in [4.69, 9.17) is 56.8 Å². The molecular weight excluding hydrogens is 965 g/mol. The Morgan fingerprint density at radius 1 is 0.548 bits per heavy atom. The summed E-state index contributed by atoms with van der Waals surface area (Å²) >= 11 is 0. The fraction of sp³-hybridized carbons (Fsp3) is 0.280. The van der Waals surface area contributed by atoms with Crippen LogP contribution in [0.1, 0.15) is 33.6 Å². The van der Waals surface area contributed by atoms with Gasteiger partial charge in [-0.15, -0.1) is 0 Å². The van der Waals surface area contributed by atoms with Crippen LogP contribution in [0.4, 0.5) is 4.79 Å². The Hall–Kier alpha value is -9.37. The fourth-order valence-corrected chi connectivity index (χ4v) is 6.32. The molecule has 0 bridgehead atoms. The van der Waals surface area contributed by atoms with Crippen molar-refractivity contribution in [2.24, 2.45) is 4.99 Å². The summed E-state index contributed by atoms with van der Waals surface area (Å²) in [5.41, 5.74) is 2.34. The van der Waals surface area contributed by atoms with Crippen LogP contribution >= 0.6 is 0 Å². The lowest BCUT2D eigenvalue weighted by Crippen LogP contribution is -2.30. The Bertz CT molecular complexity index is 2700. The zero-order valence-electron chi connectivity index (χ0n) is 39.6. The van der Waals surface area contributed by atoms with Crippen molar-refractivity contribution in [1.82, 2.24) is 5.32 Å². The average Bonchev–Trinajstić information content (AvgIpc) is 4.21. The lowest BCUT2D eigenvalue weighted by Gasteiger charge is -2.16. The molecule has 384 valence electrons. The number of esters is 4. The molecule has 23 nitrogen and oxygen atoms in total. The summed E-state index contributed by atoms with van der Waals surface area (Å²) in [7, 11) is 0. The highest BCUT2D eigenvalue weighted by molar-refractivity contribution is 5.89. The number of hydrogen-bond donors (Lipinski definition) is 3. The Morgan fingerprint density at radius 3 is 1.34 bits per heavy atom. The van der Waals surface area contributed by atoms with Gasteiger partial charge in [0.25, 0.3) is 0 Å². The third kappa shape index (κ3) is 14.4. The minimum absolute atomic E-state index is 0.0104. The fourth-order valence-electron chi connectivity index (χ4n) is 6.32. The number of phenolic OH excluding ortho intramolecular Hbond substituents is 2. The van der Waals surface area contributed by atoms with Crippen molar-refractivity contribution in [3.63, 3.8) is 0 Å². The molecule has 0 unspecified atom stereocenters. The molecule has 3 N–H and O–H groups in total. The van der Waals surface area contributed by atoms with Crippen LogP contribution < -0.4 is 52.7 Å². The lowest BCUT2D eigenvalue weighted by atomic mass is 10.0. The Kier molecular flexibility index (Phi) is 18.1. The molecule has 0 radical (unpaired) electrons. The highest BCUT2D eigenvalue weighted by Gasteiger charge is 2.28. The number of isocyanates is 1. The van der Waals surface area contributed by atoms with E-state index in [1.165, 1.54) is 44.2 Å². The largest absolute Gasteiger partial charge is 0.507 e. The predicted molar refractivity (Wildman–Crippen MR) is 251 cm³/mol. The molecule has 4 aromatic carbocycles. The van der Waals surface area contributed by atoms with Gasteiger partial charge in [0, 0.05) is 69.7 Å². The molecule has 0 fully saturated rings. The van der Waals surface area contributed by atoms with Crippen LogP contribution in [0.5, 0.6) is 69.0 Å². The summed E-state index contributed by atoms with van der Waals surface area (Å²) in [6.07, 6.45) is 0.654. The topological polar surface area (TPSA) is 287 Å². The number of ether oxygens (including phenoxy) is 13. The van der Waals surface area contributed by atoms with Crippen molar-refractivity contribution in [3.8, 4) is 91.2 Å². The molecule has 4 heterocycles. The minimum Gasteiger partial charge on any atom is -0.507 e. The van der Waals surface area contributed by atoms with E-state index in [0.717, 1.165) is 0 Å². The minimum atomic E-state index is -0.843. The number of nitrogens with zero attached hydrogens (tertiary/aromatic N) is 1. The van der Waals surface area contributed by atoms with E-state index in [-0.39, 0.29) is 107 Å². The van der Waals surface area contributed by atoms with Crippen LogP contribution in [-0.4, -0.2) is 106 Å². The number of nitrogens with one attached hydrogen (secondary N) is 1. The van der Waals surface area contributed by atoms with Crippen LogP contribution in [0.15, 0.2) is 90.0 Å². The maximum Gasteiger partial charge on any atom is 0.412 e. The van der Waals surface area contributed by atoms with Gasteiger partial charge in [-0.05, 0) is 51.5 Å². The number of fused-ring (bicyclic) bond motifs is 4. The molecule has 0 saturated carbocycles. The summed E-state index contributed by atoms with van der Waals surface area (Å²) in [6, 6.07) is 12.3. The molecule has 0 aromatic heterocycles. The monoisotopic (exact) mass is 1010 g/mol. The van der Waals surface area contributed by atoms with Crippen molar-refractivity contribution in [1.29, 1.82) is 0 Å². The molecule has 4 aromatic rings. The number of aromatic hydroxyl groups is 2. The van der Waals surface area contributed by atoms with Gasteiger partial charge in [-0.25, -0.2) is 29.0 Å². The zero-order valence-corrected chi connectivity index (χ0v) is 39.6. The zero-order chi connectivity index (χ0) is 52.6. The highest BCUT2D eigenvalue weighted by atomic mass is 16.7. The number of carbonyl (C=O) groups is 5. The molecule has 4 aliphatic heterocycles. The van der Waals surface area contributed by atoms with Gasteiger partial charge in [0.1, 0.15) is 36.2 Å². The van der Waals surface area contributed by atoms with Crippen molar-refractivity contribution >= 4 is 36.1 Å². The van der Waals surface area contributed by atoms with Crippen molar-refractivity contribution in [3.05, 3.63) is 85.0 Å². The maximum atomic E-state index is 12.7. The molecule has 73 heavy (non-hydrogen) atoms. The molecular formula is C50H48N2O21. The predicted octanol–water partition coefficient (Wildman–Crippen LogP) is 6.49. The summed E-state index contributed by atoms with van der Waals surface area (Å²) in [6.45, 7) is 15.2. The van der Waals surface area contributed by atoms with Gasteiger partial charge < -0.3 is 77.1 Å². The number of aliphatic imine (C=N–C) groups is 1. The number of rotatable bonds is 17. The number of benzene rings is 4. The Labute approximate surface area is 415 Å². The first-order valence-corrected chi connectivity index (χ1v) is 21.8. The van der Waals surface area contributed by atoms with Crippen LogP contribution in [0.25, 0.3) is 22.3 Å². The molecule has 23 heteroatoms.